The molecule has 2 aromatic carbocycles. The summed E-state index contributed by atoms with van der Waals surface area (Å²) in [5.41, 5.74) is 0. The van der Waals surface area contributed by atoms with Gasteiger partial charge in [-0.25, -0.2) is 0 Å². The first-order chi connectivity index (χ1) is 10.1. The van der Waals surface area contributed by atoms with E-state index in [1.807, 2.05) is 60.7 Å². The van der Waals surface area contributed by atoms with E-state index >= 15 is 0 Å². The highest BCUT2D eigenvalue weighted by Gasteiger charge is 2.41. The van der Waals surface area contributed by atoms with E-state index < -0.39 is 8.56 Å². The van der Waals surface area contributed by atoms with E-state index in [9.17, 15) is 0 Å². The highest BCUT2D eigenvalue weighted by Crippen LogP contribution is 2.28. The lowest BCUT2D eigenvalue weighted by atomic mass is 10.3. The number of rotatable bonds is 7. The molecule has 21 heavy (non-hydrogen) atoms. The predicted molar refractivity (Wildman–Crippen MR) is 90.0 cm³/mol. The molecule has 0 fully saturated rings. The lowest BCUT2D eigenvalue weighted by molar-refractivity contribution is 0.368. The molecule has 0 N–H and O–H groups in total. The fourth-order valence-corrected chi connectivity index (χ4v) is 5.58. The highest BCUT2D eigenvalue weighted by molar-refractivity contribution is 6.68. The molecule has 0 unspecified atom stereocenters. The zero-order chi connectivity index (χ0) is 15.1. The van der Waals surface area contributed by atoms with Crippen LogP contribution in [0, 0.1) is 5.92 Å². The van der Waals surface area contributed by atoms with E-state index in [1.165, 1.54) is 0 Å². The molecule has 0 bridgehead atoms. The molecule has 0 saturated heterocycles. The van der Waals surface area contributed by atoms with Gasteiger partial charge in [0, 0.05) is 12.1 Å². The van der Waals surface area contributed by atoms with Crippen molar-refractivity contribution in [2.75, 3.05) is 0 Å². The molecule has 2 nitrogen and oxygen atoms in total. The number of benzene rings is 2. The lowest BCUT2D eigenvalue weighted by Crippen LogP contribution is -2.49. The third kappa shape index (κ3) is 4.64. The predicted octanol–water partition coefficient (Wildman–Crippen LogP) is 5.26. The summed E-state index contributed by atoms with van der Waals surface area (Å²) in [5.74, 6) is 2.36. The first kappa shape index (κ1) is 15.6. The van der Waals surface area contributed by atoms with Crippen LogP contribution in [-0.2, 0) is 0 Å². The van der Waals surface area contributed by atoms with Crippen molar-refractivity contribution in [2.45, 2.75) is 32.9 Å². The summed E-state index contributed by atoms with van der Waals surface area (Å²) in [6.07, 6.45) is 0. The topological polar surface area (TPSA) is 18.5 Å². The minimum Gasteiger partial charge on any atom is -0.512 e. The van der Waals surface area contributed by atoms with Crippen molar-refractivity contribution in [3.05, 3.63) is 60.7 Å². The van der Waals surface area contributed by atoms with Gasteiger partial charge < -0.3 is 8.85 Å². The fourth-order valence-electron chi connectivity index (χ4n) is 2.42. The monoisotopic (exact) mass is 300 g/mol. The van der Waals surface area contributed by atoms with Gasteiger partial charge in [-0.15, -0.1) is 0 Å². The SMILES string of the molecule is CC[Si](CC(C)C)(Oc1ccccc1)Oc1ccccc1. The number of para-hydroxylation sites is 2. The van der Waals surface area contributed by atoms with Gasteiger partial charge in [0.2, 0.25) is 0 Å². The minimum absolute atomic E-state index is 0.545. The molecule has 0 spiro atoms. The summed E-state index contributed by atoms with van der Waals surface area (Å²) in [6, 6.07) is 21.9. The van der Waals surface area contributed by atoms with Crippen LogP contribution in [-0.4, -0.2) is 8.56 Å². The van der Waals surface area contributed by atoms with Crippen LogP contribution in [0.4, 0.5) is 0 Å². The van der Waals surface area contributed by atoms with Gasteiger partial charge in [0.05, 0.1) is 0 Å². The maximum Gasteiger partial charge on any atom is 0.460 e. The Labute approximate surface area is 129 Å². The van der Waals surface area contributed by atoms with Crippen molar-refractivity contribution in [1.82, 2.24) is 0 Å². The van der Waals surface area contributed by atoms with E-state index in [0.717, 1.165) is 23.6 Å². The molecule has 2 rings (SSSR count). The van der Waals surface area contributed by atoms with Crippen LogP contribution in [0.5, 0.6) is 11.5 Å². The van der Waals surface area contributed by atoms with E-state index in [1.54, 1.807) is 0 Å². The Morgan fingerprint density at radius 2 is 1.24 bits per heavy atom. The van der Waals surface area contributed by atoms with E-state index in [2.05, 4.69) is 20.8 Å². The van der Waals surface area contributed by atoms with Gasteiger partial charge in [0.1, 0.15) is 11.5 Å². The lowest BCUT2D eigenvalue weighted by Gasteiger charge is -2.32. The summed E-state index contributed by atoms with van der Waals surface area (Å²) in [4.78, 5) is 0. The van der Waals surface area contributed by atoms with Crippen LogP contribution < -0.4 is 8.85 Å². The Morgan fingerprint density at radius 1 is 0.810 bits per heavy atom. The zero-order valence-electron chi connectivity index (χ0n) is 13.1. The number of hydrogen-bond donors (Lipinski definition) is 0. The molecular weight excluding hydrogens is 276 g/mol. The maximum absolute atomic E-state index is 6.38. The zero-order valence-corrected chi connectivity index (χ0v) is 14.1. The Morgan fingerprint density at radius 3 is 1.57 bits per heavy atom. The van der Waals surface area contributed by atoms with Crippen molar-refractivity contribution in [1.29, 1.82) is 0 Å². The van der Waals surface area contributed by atoms with E-state index in [-0.39, 0.29) is 0 Å². The molecular formula is C18H24O2Si. The molecule has 0 atom stereocenters. The third-order valence-electron chi connectivity index (χ3n) is 3.35. The fraction of sp³-hybridized carbons (Fsp3) is 0.333. The van der Waals surface area contributed by atoms with E-state index in [0.29, 0.717) is 5.92 Å². The van der Waals surface area contributed by atoms with Gasteiger partial charge >= 0.3 is 8.56 Å². The maximum atomic E-state index is 6.38. The quantitative estimate of drug-likeness (QED) is 0.649. The molecule has 3 heteroatoms. The van der Waals surface area contributed by atoms with Crippen LogP contribution in [0.2, 0.25) is 12.1 Å². The van der Waals surface area contributed by atoms with Gasteiger partial charge in [0.15, 0.2) is 0 Å². The second-order valence-electron chi connectivity index (χ2n) is 5.69. The van der Waals surface area contributed by atoms with Crippen molar-refractivity contribution in [2.24, 2.45) is 5.92 Å². The Hall–Kier alpha value is -1.74. The van der Waals surface area contributed by atoms with Crippen molar-refractivity contribution < 1.29 is 8.85 Å². The standard InChI is InChI=1S/C18H24O2Si/c1-4-21(15-16(2)3,19-17-11-7-5-8-12-17)20-18-13-9-6-10-14-18/h5-14,16H,4,15H2,1-3H3. The smallest absolute Gasteiger partial charge is 0.460 e. The number of hydrogen-bond acceptors (Lipinski definition) is 2. The summed E-state index contributed by atoms with van der Waals surface area (Å²) in [5, 5.41) is 0. The van der Waals surface area contributed by atoms with Crippen LogP contribution in [0.15, 0.2) is 60.7 Å². The first-order valence-corrected chi connectivity index (χ1v) is 9.85. The average molecular weight is 300 g/mol. The Bertz CT molecular complexity index is 484. The largest absolute Gasteiger partial charge is 0.512 e. The molecule has 112 valence electrons. The highest BCUT2D eigenvalue weighted by atomic mass is 28.4. The second-order valence-corrected chi connectivity index (χ2v) is 9.04. The molecule has 0 aromatic heterocycles. The van der Waals surface area contributed by atoms with Crippen molar-refractivity contribution in [3.8, 4) is 11.5 Å². The van der Waals surface area contributed by atoms with Gasteiger partial charge in [-0.2, -0.15) is 0 Å². The molecule has 0 aliphatic heterocycles. The third-order valence-corrected chi connectivity index (χ3v) is 7.08. The van der Waals surface area contributed by atoms with Crippen LogP contribution in [0.25, 0.3) is 0 Å². The molecule has 0 aliphatic carbocycles. The van der Waals surface area contributed by atoms with E-state index in [4.69, 9.17) is 8.85 Å². The Kier molecular flexibility index (Phi) is 5.45. The summed E-state index contributed by atoms with van der Waals surface area (Å²) in [6.45, 7) is 6.61. The summed E-state index contributed by atoms with van der Waals surface area (Å²) in [7, 11) is -2.31. The van der Waals surface area contributed by atoms with Crippen LogP contribution in [0.3, 0.4) is 0 Å². The van der Waals surface area contributed by atoms with Crippen LogP contribution in [0.1, 0.15) is 20.8 Å². The van der Waals surface area contributed by atoms with Gasteiger partial charge in [-0.1, -0.05) is 57.2 Å². The van der Waals surface area contributed by atoms with Gasteiger partial charge in [-0.05, 0) is 30.2 Å². The first-order valence-electron chi connectivity index (χ1n) is 7.62. The summed E-state index contributed by atoms with van der Waals surface area (Å²) >= 11 is 0. The second kappa shape index (κ2) is 7.32. The van der Waals surface area contributed by atoms with Crippen molar-refractivity contribution >= 4 is 8.56 Å². The van der Waals surface area contributed by atoms with Gasteiger partial charge in [-0.3, -0.25) is 0 Å². The molecule has 0 saturated carbocycles. The normalized spacial score (nSPS) is 11.4. The molecule has 2 aromatic rings. The molecule has 0 aliphatic rings. The Balaban J connectivity index is 2.24. The van der Waals surface area contributed by atoms with Crippen LogP contribution >= 0.6 is 0 Å². The molecule has 0 amide bonds. The molecule has 0 heterocycles. The van der Waals surface area contributed by atoms with Crippen molar-refractivity contribution in [3.63, 3.8) is 0 Å². The molecule has 0 radical (unpaired) electrons. The van der Waals surface area contributed by atoms with Gasteiger partial charge in [0.25, 0.3) is 0 Å². The minimum atomic E-state index is -2.31. The summed E-state index contributed by atoms with van der Waals surface area (Å²) < 4.78 is 12.8. The average Bonchev–Trinajstić information content (AvgIpc) is 2.48.